The molecule has 0 spiro atoms. The van der Waals surface area contributed by atoms with Crippen molar-refractivity contribution in [2.24, 2.45) is 5.92 Å². The van der Waals surface area contributed by atoms with Crippen LogP contribution < -0.4 is 0 Å². The largest absolute Gasteiger partial charge is 0.481 e. The molecule has 0 radical (unpaired) electrons. The lowest BCUT2D eigenvalue weighted by atomic mass is 9.89. The van der Waals surface area contributed by atoms with E-state index >= 15 is 0 Å². The molecule has 2 atom stereocenters. The molecule has 5 nitrogen and oxygen atoms in total. The summed E-state index contributed by atoms with van der Waals surface area (Å²) in [5.74, 6) is -1.68. The summed E-state index contributed by atoms with van der Waals surface area (Å²) in [4.78, 5) is 25.6. The van der Waals surface area contributed by atoms with Gasteiger partial charge in [-0.1, -0.05) is 18.2 Å². The van der Waals surface area contributed by atoms with Gasteiger partial charge in [0.05, 0.1) is 12.0 Å². The minimum atomic E-state index is -0.909. The number of amides is 1. The Bertz CT molecular complexity index is 570. The van der Waals surface area contributed by atoms with Crippen LogP contribution in [-0.2, 0) is 14.3 Å². The van der Waals surface area contributed by atoms with E-state index in [1.54, 1.807) is 12.0 Å². The maximum atomic E-state index is 12.3. The zero-order chi connectivity index (χ0) is 16.3. The van der Waals surface area contributed by atoms with Crippen molar-refractivity contribution in [3.63, 3.8) is 0 Å². The molecule has 1 heterocycles. The van der Waals surface area contributed by atoms with E-state index in [2.05, 4.69) is 0 Å². The lowest BCUT2D eigenvalue weighted by Gasteiger charge is -2.29. The molecule has 2 rings (SSSR count). The van der Waals surface area contributed by atoms with Gasteiger partial charge < -0.3 is 14.7 Å². The summed E-state index contributed by atoms with van der Waals surface area (Å²) in [6, 6.07) is 5.47. The van der Waals surface area contributed by atoms with Crippen molar-refractivity contribution >= 4 is 11.9 Å². The zero-order valence-electron chi connectivity index (χ0n) is 13.3. The van der Waals surface area contributed by atoms with Crippen LogP contribution in [-0.4, -0.2) is 42.1 Å². The van der Waals surface area contributed by atoms with Crippen LogP contribution in [0, 0.1) is 19.8 Å². The minimum absolute atomic E-state index is 0.0698. The van der Waals surface area contributed by atoms with Crippen LogP contribution in [0.25, 0.3) is 0 Å². The average Bonchev–Trinajstić information content (AvgIpc) is 2.80. The number of hydrogen-bond donors (Lipinski definition) is 1. The van der Waals surface area contributed by atoms with Gasteiger partial charge in [0.1, 0.15) is 0 Å². The van der Waals surface area contributed by atoms with E-state index in [1.165, 1.54) is 0 Å². The minimum Gasteiger partial charge on any atom is -0.481 e. The second-order valence-electron chi connectivity index (χ2n) is 5.82. The van der Waals surface area contributed by atoms with Crippen molar-refractivity contribution in [2.75, 3.05) is 20.3 Å². The number of aliphatic carboxylic acids is 1. The second-order valence-corrected chi connectivity index (χ2v) is 5.82. The number of benzene rings is 1. The van der Waals surface area contributed by atoms with Gasteiger partial charge in [0.2, 0.25) is 5.91 Å². The first-order chi connectivity index (χ1) is 10.5. The molecule has 1 saturated heterocycles. The molecule has 5 heteroatoms. The SMILES string of the molecule is COCCCN1C(=O)CC(C(=O)O)C1c1cccc(C)c1C. The summed E-state index contributed by atoms with van der Waals surface area (Å²) in [5.41, 5.74) is 3.11. The Balaban J connectivity index is 2.37. The van der Waals surface area contributed by atoms with Gasteiger partial charge in [-0.25, -0.2) is 0 Å². The fourth-order valence-electron chi connectivity index (χ4n) is 3.13. The highest BCUT2D eigenvalue weighted by Crippen LogP contribution is 2.40. The van der Waals surface area contributed by atoms with Crippen LogP contribution in [0.15, 0.2) is 18.2 Å². The molecule has 0 aliphatic carbocycles. The molecular formula is C17H23NO4. The number of nitrogens with zero attached hydrogens (tertiary/aromatic N) is 1. The van der Waals surface area contributed by atoms with Crippen LogP contribution in [0.4, 0.5) is 0 Å². The Morgan fingerprint density at radius 2 is 2.14 bits per heavy atom. The van der Waals surface area contributed by atoms with E-state index in [0.29, 0.717) is 19.6 Å². The van der Waals surface area contributed by atoms with Crippen LogP contribution >= 0.6 is 0 Å². The fourth-order valence-corrected chi connectivity index (χ4v) is 3.13. The van der Waals surface area contributed by atoms with Gasteiger partial charge >= 0.3 is 5.97 Å². The first kappa shape index (κ1) is 16.5. The van der Waals surface area contributed by atoms with E-state index in [4.69, 9.17) is 4.74 Å². The molecule has 1 amide bonds. The zero-order valence-corrected chi connectivity index (χ0v) is 13.3. The third-order valence-corrected chi connectivity index (χ3v) is 4.46. The highest BCUT2D eigenvalue weighted by Gasteiger charge is 2.44. The molecule has 0 aromatic heterocycles. The highest BCUT2D eigenvalue weighted by atomic mass is 16.5. The summed E-state index contributed by atoms with van der Waals surface area (Å²) < 4.78 is 5.04. The van der Waals surface area contributed by atoms with Crippen molar-refractivity contribution in [3.8, 4) is 0 Å². The predicted octanol–water partition coefficient (Wildman–Crippen LogP) is 2.31. The normalized spacial score (nSPS) is 21.4. The summed E-state index contributed by atoms with van der Waals surface area (Å²) in [7, 11) is 1.62. The number of hydrogen-bond acceptors (Lipinski definition) is 3. The summed E-state index contributed by atoms with van der Waals surface area (Å²) in [6.45, 7) is 5.07. The van der Waals surface area contributed by atoms with Crippen molar-refractivity contribution in [1.82, 2.24) is 4.90 Å². The molecule has 1 N–H and O–H groups in total. The molecular weight excluding hydrogens is 282 g/mol. The topological polar surface area (TPSA) is 66.8 Å². The Hall–Kier alpha value is -1.88. The number of likely N-dealkylation sites (tertiary alicyclic amines) is 1. The van der Waals surface area contributed by atoms with Crippen LogP contribution in [0.1, 0.15) is 35.6 Å². The van der Waals surface area contributed by atoms with Gasteiger partial charge in [0.15, 0.2) is 0 Å². The molecule has 0 bridgehead atoms. The second kappa shape index (κ2) is 6.92. The van der Waals surface area contributed by atoms with E-state index < -0.39 is 11.9 Å². The standard InChI is InChI=1S/C17H23NO4/c1-11-6-4-7-13(12(11)2)16-14(17(20)21)10-15(19)18(16)8-5-9-22-3/h4,6-7,14,16H,5,8-10H2,1-3H3,(H,20,21). The quantitative estimate of drug-likeness (QED) is 0.819. The Morgan fingerprint density at radius 1 is 1.41 bits per heavy atom. The average molecular weight is 305 g/mol. The van der Waals surface area contributed by atoms with Crippen molar-refractivity contribution in [2.45, 2.75) is 32.7 Å². The number of ether oxygens (including phenoxy) is 1. The van der Waals surface area contributed by atoms with Gasteiger partial charge in [-0.2, -0.15) is 0 Å². The van der Waals surface area contributed by atoms with E-state index in [-0.39, 0.29) is 18.4 Å². The Labute approximate surface area is 130 Å². The number of aryl methyl sites for hydroxylation is 1. The molecule has 2 unspecified atom stereocenters. The van der Waals surface area contributed by atoms with Gasteiger partial charge in [-0.15, -0.1) is 0 Å². The summed E-state index contributed by atoms with van der Waals surface area (Å²) >= 11 is 0. The maximum Gasteiger partial charge on any atom is 0.309 e. The number of rotatable bonds is 6. The first-order valence-electron chi connectivity index (χ1n) is 7.54. The maximum absolute atomic E-state index is 12.3. The third kappa shape index (κ3) is 3.14. The van der Waals surface area contributed by atoms with E-state index in [1.807, 2.05) is 32.0 Å². The van der Waals surface area contributed by atoms with Crippen LogP contribution in [0.5, 0.6) is 0 Å². The third-order valence-electron chi connectivity index (χ3n) is 4.46. The lowest BCUT2D eigenvalue weighted by Crippen LogP contribution is -2.32. The van der Waals surface area contributed by atoms with E-state index in [9.17, 15) is 14.7 Å². The summed E-state index contributed by atoms with van der Waals surface area (Å²) in [6.07, 6.45) is 0.774. The Morgan fingerprint density at radius 3 is 2.77 bits per heavy atom. The number of carbonyl (C=O) groups is 2. The van der Waals surface area contributed by atoms with Gasteiger partial charge in [-0.3, -0.25) is 9.59 Å². The summed E-state index contributed by atoms with van der Waals surface area (Å²) in [5, 5.41) is 9.51. The number of carbonyl (C=O) groups excluding carboxylic acids is 1. The molecule has 120 valence electrons. The number of carboxylic acids is 1. The van der Waals surface area contributed by atoms with Crippen molar-refractivity contribution in [1.29, 1.82) is 0 Å². The van der Waals surface area contributed by atoms with Crippen molar-refractivity contribution in [3.05, 3.63) is 34.9 Å². The van der Waals surface area contributed by atoms with Crippen molar-refractivity contribution < 1.29 is 19.4 Å². The highest BCUT2D eigenvalue weighted by molar-refractivity contribution is 5.87. The lowest BCUT2D eigenvalue weighted by molar-refractivity contribution is -0.142. The first-order valence-corrected chi connectivity index (χ1v) is 7.54. The van der Waals surface area contributed by atoms with Gasteiger partial charge in [-0.05, 0) is 37.0 Å². The van der Waals surface area contributed by atoms with Crippen LogP contribution in [0.2, 0.25) is 0 Å². The number of methoxy groups -OCH3 is 1. The monoisotopic (exact) mass is 305 g/mol. The van der Waals surface area contributed by atoms with Gasteiger partial charge in [0, 0.05) is 26.7 Å². The molecule has 0 saturated carbocycles. The van der Waals surface area contributed by atoms with E-state index in [0.717, 1.165) is 16.7 Å². The van der Waals surface area contributed by atoms with Gasteiger partial charge in [0.25, 0.3) is 0 Å². The molecule has 1 fully saturated rings. The smallest absolute Gasteiger partial charge is 0.309 e. The van der Waals surface area contributed by atoms with Crippen LogP contribution in [0.3, 0.4) is 0 Å². The molecule has 1 aliphatic heterocycles. The predicted molar refractivity (Wildman–Crippen MR) is 82.6 cm³/mol. The Kier molecular flexibility index (Phi) is 5.19. The fraction of sp³-hybridized carbons (Fsp3) is 0.529. The molecule has 1 aromatic carbocycles. The molecule has 22 heavy (non-hydrogen) atoms. The number of carboxylic acid groups (broad SMARTS) is 1. The molecule has 1 aromatic rings. The molecule has 1 aliphatic rings.